The number of likely N-dealkylation sites (tertiary alicyclic amines) is 1. The highest BCUT2D eigenvalue weighted by Crippen LogP contribution is 2.28. The summed E-state index contributed by atoms with van der Waals surface area (Å²) >= 11 is 0. The van der Waals surface area contributed by atoms with E-state index in [0.29, 0.717) is 24.1 Å². The van der Waals surface area contributed by atoms with Crippen molar-refractivity contribution in [2.75, 3.05) is 19.6 Å². The largest absolute Gasteiger partial charge is 0.366 e. The molecule has 0 saturated carbocycles. The molecule has 0 aliphatic carbocycles. The quantitative estimate of drug-likeness (QED) is 0.635. The number of nitrogens with zero attached hydrogens (tertiary/aromatic N) is 2. The highest BCUT2D eigenvalue weighted by atomic mass is 35.5. The van der Waals surface area contributed by atoms with Crippen molar-refractivity contribution in [3.8, 4) is 0 Å². The van der Waals surface area contributed by atoms with Crippen LogP contribution in [-0.4, -0.2) is 41.4 Å². The zero-order valence-corrected chi connectivity index (χ0v) is 13.6. The second-order valence-corrected chi connectivity index (χ2v) is 6.10. The summed E-state index contributed by atoms with van der Waals surface area (Å²) in [5, 5.41) is 14.8. The average molecular weight is 341 g/mol. The molecule has 1 aromatic rings. The Balaban J connectivity index is 0.00000192. The number of carbonyl (C=O) groups excluding carboxylic acids is 1. The second-order valence-electron chi connectivity index (χ2n) is 6.10. The Kier molecular flexibility index (Phi) is 5.56. The number of rotatable bonds is 4. The van der Waals surface area contributed by atoms with Crippen molar-refractivity contribution in [2.24, 2.45) is 11.7 Å². The fourth-order valence-electron chi connectivity index (χ4n) is 3.53. The number of fused-ring (bicyclic) bond motifs is 1. The molecule has 0 spiro atoms. The second kappa shape index (κ2) is 7.25. The summed E-state index contributed by atoms with van der Waals surface area (Å²) in [7, 11) is 0. The number of amides is 1. The summed E-state index contributed by atoms with van der Waals surface area (Å²) in [4.78, 5) is 24.3. The number of nitro benzene ring substituents is 1. The minimum atomic E-state index is -0.646. The lowest BCUT2D eigenvalue weighted by molar-refractivity contribution is -0.385. The first-order valence-electron chi connectivity index (χ1n) is 7.57. The van der Waals surface area contributed by atoms with Crippen molar-refractivity contribution in [3.05, 3.63) is 39.4 Å². The maximum Gasteiger partial charge on any atom is 0.274 e. The minimum Gasteiger partial charge on any atom is -0.366 e. The third kappa shape index (κ3) is 3.80. The number of hydrogen-bond donors (Lipinski definition) is 2. The van der Waals surface area contributed by atoms with Crippen LogP contribution in [0, 0.1) is 16.0 Å². The predicted molar refractivity (Wildman–Crippen MR) is 88.7 cm³/mol. The van der Waals surface area contributed by atoms with Crippen molar-refractivity contribution in [1.82, 2.24) is 10.2 Å². The highest BCUT2D eigenvalue weighted by molar-refractivity contribution is 5.93. The van der Waals surface area contributed by atoms with Gasteiger partial charge in [-0.25, -0.2) is 0 Å². The fraction of sp³-hybridized carbons (Fsp3) is 0.533. The predicted octanol–water partition coefficient (Wildman–Crippen LogP) is 1.30. The number of nitro groups is 1. The van der Waals surface area contributed by atoms with Crippen LogP contribution in [0.15, 0.2) is 18.2 Å². The number of piperidine rings is 1. The van der Waals surface area contributed by atoms with E-state index in [1.54, 1.807) is 12.1 Å². The van der Waals surface area contributed by atoms with Crippen LogP contribution < -0.4 is 11.1 Å². The smallest absolute Gasteiger partial charge is 0.274 e. The number of hydrogen-bond acceptors (Lipinski definition) is 5. The molecule has 0 aromatic heterocycles. The van der Waals surface area contributed by atoms with E-state index in [2.05, 4.69) is 10.2 Å². The van der Waals surface area contributed by atoms with Crippen LogP contribution in [0.25, 0.3) is 0 Å². The van der Waals surface area contributed by atoms with Crippen molar-refractivity contribution in [3.63, 3.8) is 0 Å². The van der Waals surface area contributed by atoms with Crippen molar-refractivity contribution < 1.29 is 9.72 Å². The third-order valence-electron chi connectivity index (χ3n) is 4.70. The molecule has 23 heavy (non-hydrogen) atoms. The zero-order chi connectivity index (χ0) is 15.7. The molecule has 126 valence electrons. The van der Waals surface area contributed by atoms with E-state index in [9.17, 15) is 14.9 Å². The first kappa shape index (κ1) is 17.7. The molecule has 2 heterocycles. The van der Waals surface area contributed by atoms with Gasteiger partial charge in [-0.05, 0) is 37.9 Å². The average Bonchev–Trinajstić information content (AvgIpc) is 2.94. The summed E-state index contributed by atoms with van der Waals surface area (Å²) in [5.41, 5.74) is 5.99. The molecule has 2 aliphatic heterocycles. The normalized spacial score (nSPS) is 23.8. The van der Waals surface area contributed by atoms with Crippen molar-refractivity contribution in [1.29, 1.82) is 0 Å². The Morgan fingerprint density at radius 2 is 2.22 bits per heavy atom. The van der Waals surface area contributed by atoms with Crippen LogP contribution in [0.3, 0.4) is 0 Å². The van der Waals surface area contributed by atoms with Gasteiger partial charge >= 0.3 is 0 Å². The van der Waals surface area contributed by atoms with Crippen molar-refractivity contribution in [2.45, 2.75) is 25.4 Å². The Bertz CT molecular complexity index is 610. The van der Waals surface area contributed by atoms with Crippen LogP contribution in [0.5, 0.6) is 0 Å². The van der Waals surface area contributed by atoms with Gasteiger partial charge in [0.15, 0.2) is 0 Å². The molecule has 0 bridgehead atoms. The van der Waals surface area contributed by atoms with Gasteiger partial charge in [-0.3, -0.25) is 19.8 Å². The van der Waals surface area contributed by atoms with Gasteiger partial charge in [-0.15, -0.1) is 12.4 Å². The first-order chi connectivity index (χ1) is 10.5. The number of primary amides is 1. The maximum atomic E-state index is 11.2. The molecule has 2 atom stereocenters. The molecular weight excluding hydrogens is 320 g/mol. The van der Waals surface area contributed by atoms with Gasteiger partial charge in [0, 0.05) is 36.3 Å². The molecule has 1 amide bonds. The van der Waals surface area contributed by atoms with Gasteiger partial charge < -0.3 is 11.1 Å². The topological polar surface area (TPSA) is 102 Å². The summed E-state index contributed by atoms with van der Waals surface area (Å²) in [6, 6.07) is 5.09. The molecule has 8 heteroatoms. The Morgan fingerprint density at radius 3 is 2.91 bits per heavy atom. The molecule has 7 nitrogen and oxygen atoms in total. The molecular formula is C15H21ClN4O3. The van der Waals surface area contributed by atoms with E-state index in [0.717, 1.165) is 26.1 Å². The first-order valence-corrected chi connectivity index (χ1v) is 7.57. The van der Waals surface area contributed by atoms with E-state index < -0.39 is 10.8 Å². The number of nitrogens with two attached hydrogens (primary N) is 1. The van der Waals surface area contributed by atoms with Crippen LogP contribution >= 0.6 is 12.4 Å². The van der Waals surface area contributed by atoms with Gasteiger partial charge in [-0.2, -0.15) is 0 Å². The Hall–Kier alpha value is -1.70. The molecule has 0 radical (unpaired) electrons. The summed E-state index contributed by atoms with van der Waals surface area (Å²) in [5.74, 6) is -0.00908. The monoisotopic (exact) mass is 340 g/mol. The zero-order valence-electron chi connectivity index (χ0n) is 12.7. The lowest BCUT2D eigenvalue weighted by atomic mass is 9.93. The summed E-state index contributed by atoms with van der Waals surface area (Å²) in [6.45, 7) is 3.50. The molecule has 2 saturated heterocycles. The van der Waals surface area contributed by atoms with Crippen LogP contribution in [0.1, 0.15) is 28.8 Å². The molecule has 1 aromatic carbocycles. The third-order valence-corrected chi connectivity index (χ3v) is 4.70. The van der Waals surface area contributed by atoms with Crippen LogP contribution in [0.4, 0.5) is 5.69 Å². The Labute approximate surface area is 140 Å². The van der Waals surface area contributed by atoms with E-state index in [4.69, 9.17) is 5.73 Å². The van der Waals surface area contributed by atoms with Crippen molar-refractivity contribution >= 4 is 24.0 Å². The maximum absolute atomic E-state index is 11.2. The van der Waals surface area contributed by atoms with Gasteiger partial charge in [0.1, 0.15) is 0 Å². The molecule has 3 rings (SSSR count). The number of benzene rings is 1. The number of carbonyl (C=O) groups is 1. The van der Waals surface area contributed by atoms with Gasteiger partial charge in [0.05, 0.1) is 4.92 Å². The van der Waals surface area contributed by atoms with Crippen LogP contribution in [0.2, 0.25) is 0 Å². The van der Waals surface area contributed by atoms with Crippen LogP contribution in [-0.2, 0) is 6.54 Å². The summed E-state index contributed by atoms with van der Waals surface area (Å²) < 4.78 is 0. The molecule has 2 fully saturated rings. The van der Waals surface area contributed by atoms with Gasteiger partial charge in [-0.1, -0.05) is 6.07 Å². The molecule has 3 N–H and O–H groups in total. The van der Waals surface area contributed by atoms with E-state index in [1.807, 2.05) is 0 Å². The minimum absolute atomic E-state index is 0. The fourth-order valence-corrected chi connectivity index (χ4v) is 3.53. The van der Waals surface area contributed by atoms with E-state index in [1.165, 1.54) is 12.5 Å². The molecule has 2 aliphatic rings. The van der Waals surface area contributed by atoms with E-state index >= 15 is 0 Å². The SMILES string of the molecule is Cl.NC(=O)c1ccc(CN2CCC3NCCC3C2)c([N+](=O)[O-])c1. The highest BCUT2D eigenvalue weighted by Gasteiger charge is 2.33. The number of halogens is 1. The van der Waals surface area contributed by atoms with Gasteiger partial charge in [0.2, 0.25) is 5.91 Å². The Morgan fingerprint density at radius 1 is 1.43 bits per heavy atom. The molecule has 2 unspecified atom stereocenters. The van der Waals surface area contributed by atoms with E-state index in [-0.39, 0.29) is 23.7 Å². The van der Waals surface area contributed by atoms with Gasteiger partial charge in [0.25, 0.3) is 5.69 Å². The standard InChI is InChI=1S/C15H20N4O3.ClH/c16-15(20)10-1-2-12(14(7-10)19(21)22)9-18-6-4-13-11(8-18)3-5-17-13;/h1-2,7,11,13,17H,3-6,8-9H2,(H2,16,20);1H. The number of nitrogens with one attached hydrogen (secondary N) is 1. The summed E-state index contributed by atoms with van der Waals surface area (Å²) in [6.07, 6.45) is 2.25. The lowest BCUT2D eigenvalue weighted by Crippen LogP contribution is -2.44. The lowest BCUT2D eigenvalue weighted by Gasteiger charge is -2.34.